The molecule has 0 aromatic carbocycles. The van der Waals surface area contributed by atoms with E-state index in [-0.39, 0.29) is 0 Å². The Bertz CT molecular complexity index is 205. The summed E-state index contributed by atoms with van der Waals surface area (Å²) in [4.78, 5) is 0. The second-order valence-corrected chi connectivity index (χ2v) is 2.69. The summed E-state index contributed by atoms with van der Waals surface area (Å²) in [6.07, 6.45) is 4.04. The lowest BCUT2D eigenvalue weighted by Crippen LogP contribution is -2.05. The molecule has 0 fully saturated rings. The summed E-state index contributed by atoms with van der Waals surface area (Å²) >= 11 is 0. The molecular formula is C8H15N3. The molecular weight excluding hydrogens is 138 g/mol. The third kappa shape index (κ3) is 2.35. The Morgan fingerprint density at radius 1 is 1.55 bits per heavy atom. The zero-order chi connectivity index (χ0) is 8.10. The van der Waals surface area contributed by atoms with Crippen LogP contribution in [0, 0.1) is 6.92 Å². The normalized spacial score (nSPS) is 10.4. The lowest BCUT2D eigenvalue weighted by molar-refractivity contribution is 0.550. The summed E-state index contributed by atoms with van der Waals surface area (Å²) < 4.78 is 2.01. The fourth-order valence-corrected chi connectivity index (χ4v) is 1.04. The first-order valence-corrected chi connectivity index (χ1v) is 4.03. The van der Waals surface area contributed by atoms with E-state index in [1.54, 1.807) is 0 Å². The van der Waals surface area contributed by atoms with Crippen LogP contribution in [0.5, 0.6) is 0 Å². The number of unbranched alkanes of at least 4 members (excludes halogenated alkanes) is 1. The molecule has 3 nitrogen and oxygen atoms in total. The SMILES string of the molecule is Cc1ccnn1CCCCN. The first-order chi connectivity index (χ1) is 5.34. The zero-order valence-corrected chi connectivity index (χ0v) is 6.95. The Morgan fingerprint density at radius 3 is 2.91 bits per heavy atom. The van der Waals surface area contributed by atoms with E-state index in [1.807, 2.05) is 16.9 Å². The lowest BCUT2D eigenvalue weighted by atomic mass is 10.3. The molecule has 0 saturated carbocycles. The fourth-order valence-electron chi connectivity index (χ4n) is 1.04. The van der Waals surface area contributed by atoms with Crippen LogP contribution in [0.1, 0.15) is 18.5 Å². The number of aromatic nitrogens is 2. The monoisotopic (exact) mass is 153 g/mol. The number of hydrogen-bond acceptors (Lipinski definition) is 2. The Balaban J connectivity index is 2.32. The topological polar surface area (TPSA) is 43.8 Å². The van der Waals surface area contributed by atoms with Crippen molar-refractivity contribution in [3.8, 4) is 0 Å². The van der Waals surface area contributed by atoms with E-state index < -0.39 is 0 Å². The second-order valence-electron chi connectivity index (χ2n) is 2.69. The molecule has 11 heavy (non-hydrogen) atoms. The molecule has 0 aliphatic heterocycles. The molecule has 2 N–H and O–H groups in total. The van der Waals surface area contributed by atoms with E-state index in [0.29, 0.717) is 0 Å². The molecule has 0 radical (unpaired) electrons. The van der Waals surface area contributed by atoms with Crippen LogP contribution in [0.2, 0.25) is 0 Å². The number of rotatable bonds is 4. The number of nitrogens with zero attached hydrogens (tertiary/aromatic N) is 2. The number of hydrogen-bond donors (Lipinski definition) is 1. The molecule has 1 aromatic heterocycles. The van der Waals surface area contributed by atoms with Gasteiger partial charge in [0.05, 0.1) is 0 Å². The highest BCUT2D eigenvalue weighted by molar-refractivity contribution is 4.96. The molecule has 0 aliphatic rings. The van der Waals surface area contributed by atoms with E-state index in [0.717, 1.165) is 25.9 Å². The van der Waals surface area contributed by atoms with Gasteiger partial charge in [0.25, 0.3) is 0 Å². The molecule has 0 spiro atoms. The maximum absolute atomic E-state index is 5.38. The third-order valence-corrected chi connectivity index (χ3v) is 1.75. The Kier molecular flexibility index (Phi) is 3.11. The molecule has 1 aromatic rings. The quantitative estimate of drug-likeness (QED) is 0.654. The maximum atomic E-state index is 5.38. The molecule has 0 bridgehead atoms. The van der Waals surface area contributed by atoms with Crippen molar-refractivity contribution < 1.29 is 0 Å². The average Bonchev–Trinajstić information content (AvgIpc) is 2.37. The predicted molar refractivity (Wildman–Crippen MR) is 45.3 cm³/mol. The molecule has 1 heterocycles. The van der Waals surface area contributed by atoms with Gasteiger partial charge < -0.3 is 5.73 Å². The van der Waals surface area contributed by atoms with Crippen molar-refractivity contribution in [2.45, 2.75) is 26.3 Å². The second kappa shape index (κ2) is 4.13. The zero-order valence-electron chi connectivity index (χ0n) is 6.95. The first-order valence-electron chi connectivity index (χ1n) is 4.03. The molecule has 0 saturated heterocycles. The molecule has 62 valence electrons. The minimum absolute atomic E-state index is 0.778. The predicted octanol–water partition coefficient (Wildman–Crippen LogP) is 0.930. The van der Waals surface area contributed by atoms with Gasteiger partial charge in [-0.15, -0.1) is 0 Å². The van der Waals surface area contributed by atoms with Crippen molar-refractivity contribution >= 4 is 0 Å². The van der Waals surface area contributed by atoms with Gasteiger partial charge >= 0.3 is 0 Å². The van der Waals surface area contributed by atoms with Gasteiger partial charge in [0, 0.05) is 18.4 Å². The van der Waals surface area contributed by atoms with Gasteiger partial charge in [-0.25, -0.2) is 0 Å². The van der Waals surface area contributed by atoms with Gasteiger partial charge in [0.1, 0.15) is 0 Å². The molecule has 0 amide bonds. The fraction of sp³-hybridized carbons (Fsp3) is 0.625. The van der Waals surface area contributed by atoms with Crippen molar-refractivity contribution in [1.29, 1.82) is 0 Å². The number of nitrogens with two attached hydrogens (primary N) is 1. The average molecular weight is 153 g/mol. The highest BCUT2D eigenvalue weighted by Crippen LogP contribution is 1.98. The summed E-state index contributed by atoms with van der Waals surface area (Å²) in [5, 5.41) is 4.16. The van der Waals surface area contributed by atoms with Crippen LogP contribution in [-0.2, 0) is 6.54 Å². The van der Waals surface area contributed by atoms with Crippen LogP contribution in [0.15, 0.2) is 12.3 Å². The first kappa shape index (κ1) is 8.27. The summed E-state index contributed by atoms with van der Waals surface area (Å²) in [6.45, 7) is 3.84. The highest BCUT2D eigenvalue weighted by atomic mass is 15.3. The van der Waals surface area contributed by atoms with Gasteiger partial charge in [-0.3, -0.25) is 4.68 Å². The van der Waals surface area contributed by atoms with Crippen molar-refractivity contribution in [3.05, 3.63) is 18.0 Å². The van der Waals surface area contributed by atoms with E-state index >= 15 is 0 Å². The van der Waals surface area contributed by atoms with Crippen molar-refractivity contribution in [2.75, 3.05) is 6.54 Å². The standard InChI is InChI=1S/C8H15N3/c1-8-4-6-10-11(8)7-3-2-5-9/h4,6H,2-3,5,7,9H2,1H3. The van der Waals surface area contributed by atoms with Gasteiger partial charge in [-0.2, -0.15) is 5.10 Å². The van der Waals surface area contributed by atoms with E-state index in [9.17, 15) is 0 Å². The molecule has 1 rings (SSSR count). The van der Waals surface area contributed by atoms with Crippen molar-refractivity contribution in [3.63, 3.8) is 0 Å². The van der Waals surface area contributed by atoms with Crippen LogP contribution in [0.25, 0.3) is 0 Å². The van der Waals surface area contributed by atoms with Crippen LogP contribution >= 0.6 is 0 Å². The molecule has 0 atom stereocenters. The van der Waals surface area contributed by atoms with Gasteiger partial charge in [-0.05, 0) is 32.4 Å². The Labute approximate surface area is 67.2 Å². The largest absolute Gasteiger partial charge is 0.330 e. The lowest BCUT2D eigenvalue weighted by Gasteiger charge is -2.01. The molecule has 0 unspecified atom stereocenters. The molecule has 3 heteroatoms. The molecule has 0 aliphatic carbocycles. The van der Waals surface area contributed by atoms with Gasteiger partial charge in [0.2, 0.25) is 0 Å². The smallest absolute Gasteiger partial charge is 0.0492 e. The summed E-state index contributed by atoms with van der Waals surface area (Å²) in [7, 11) is 0. The Morgan fingerprint density at radius 2 is 2.36 bits per heavy atom. The van der Waals surface area contributed by atoms with E-state index in [2.05, 4.69) is 12.0 Å². The Hall–Kier alpha value is -0.830. The summed E-state index contributed by atoms with van der Waals surface area (Å²) in [5.74, 6) is 0. The minimum atomic E-state index is 0.778. The van der Waals surface area contributed by atoms with Gasteiger partial charge in [0.15, 0.2) is 0 Å². The third-order valence-electron chi connectivity index (χ3n) is 1.75. The highest BCUT2D eigenvalue weighted by Gasteiger charge is 1.94. The van der Waals surface area contributed by atoms with E-state index in [4.69, 9.17) is 5.73 Å². The maximum Gasteiger partial charge on any atom is 0.0492 e. The van der Waals surface area contributed by atoms with Crippen LogP contribution in [0.4, 0.5) is 0 Å². The van der Waals surface area contributed by atoms with Crippen molar-refractivity contribution in [2.24, 2.45) is 5.73 Å². The summed E-state index contributed by atoms with van der Waals surface area (Å²) in [6, 6.07) is 2.02. The number of aryl methyl sites for hydroxylation is 2. The summed E-state index contributed by atoms with van der Waals surface area (Å²) in [5.41, 5.74) is 6.60. The van der Waals surface area contributed by atoms with Gasteiger partial charge in [-0.1, -0.05) is 0 Å². The van der Waals surface area contributed by atoms with Crippen molar-refractivity contribution in [1.82, 2.24) is 9.78 Å². The van der Waals surface area contributed by atoms with E-state index in [1.165, 1.54) is 5.69 Å². The minimum Gasteiger partial charge on any atom is -0.330 e. The van der Waals surface area contributed by atoms with Crippen LogP contribution in [0.3, 0.4) is 0 Å². The van der Waals surface area contributed by atoms with Crippen LogP contribution in [-0.4, -0.2) is 16.3 Å². The van der Waals surface area contributed by atoms with Crippen LogP contribution < -0.4 is 5.73 Å².